The third-order valence-electron chi connectivity index (χ3n) is 3.92. The van der Waals surface area contributed by atoms with Crippen LogP contribution in [0.25, 0.3) is 0 Å². The Morgan fingerprint density at radius 1 is 1.18 bits per heavy atom. The van der Waals surface area contributed by atoms with Gasteiger partial charge in [-0.3, -0.25) is 4.98 Å². The minimum atomic E-state index is 0.521. The number of aryl methyl sites for hydroxylation is 2. The Kier molecular flexibility index (Phi) is 4.53. The molecule has 3 rings (SSSR count). The van der Waals surface area contributed by atoms with Gasteiger partial charge < -0.3 is 15.0 Å². The van der Waals surface area contributed by atoms with E-state index in [1.54, 1.807) is 12.4 Å². The second kappa shape index (κ2) is 6.75. The molecule has 0 aliphatic carbocycles. The second-order valence-electron chi connectivity index (χ2n) is 5.67. The summed E-state index contributed by atoms with van der Waals surface area (Å²) in [5.74, 6) is 1.47. The number of piperazine rings is 1. The molecule has 1 aliphatic rings. The summed E-state index contributed by atoms with van der Waals surface area (Å²) in [5.41, 5.74) is 3.66. The molecule has 5 nitrogen and oxygen atoms in total. The molecule has 0 bridgehead atoms. The SMILES string of the molecule is Cc1ccc(C)c(COc2cncc(N3CCNCC3)n2)c1. The Labute approximate surface area is 131 Å². The van der Waals surface area contributed by atoms with Gasteiger partial charge in [0.1, 0.15) is 6.61 Å². The van der Waals surface area contributed by atoms with Crippen LogP contribution in [0.4, 0.5) is 5.82 Å². The van der Waals surface area contributed by atoms with Gasteiger partial charge in [-0.15, -0.1) is 0 Å². The van der Waals surface area contributed by atoms with Crippen molar-refractivity contribution >= 4 is 5.82 Å². The summed E-state index contributed by atoms with van der Waals surface area (Å²) in [6, 6.07) is 6.39. The summed E-state index contributed by atoms with van der Waals surface area (Å²) in [6.07, 6.45) is 3.48. The molecule has 1 saturated heterocycles. The normalized spacial score (nSPS) is 14.9. The number of ether oxygens (including phenoxy) is 1. The minimum Gasteiger partial charge on any atom is -0.472 e. The van der Waals surface area contributed by atoms with Crippen LogP contribution in [0.15, 0.2) is 30.6 Å². The van der Waals surface area contributed by atoms with Crippen LogP contribution in [0.1, 0.15) is 16.7 Å². The Morgan fingerprint density at radius 3 is 2.82 bits per heavy atom. The first kappa shape index (κ1) is 14.8. The number of rotatable bonds is 4. The molecule has 0 radical (unpaired) electrons. The van der Waals surface area contributed by atoms with E-state index in [0.29, 0.717) is 12.5 Å². The highest BCUT2D eigenvalue weighted by Gasteiger charge is 2.12. The molecule has 1 fully saturated rings. The van der Waals surface area contributed by atoms with Crippen molar-refractivity contribution in [3.8, 4) is 5.88 Å². The number of aromatic nitrogens is 2. The first-order chi connectivity index (χ1) is 10.7. The number of nitrogens with zero attached hydrogens (tertiary/aromatic N) is 3. The molecule has 1 N–H and O–H groups in total. The first-order valence-electron chi connectivity index (χ1n) is 7.69. The monoisotopic (exact) mass is 298 g/mol. The zero-order valence-corrected chi connectivity index (χ0v) is 13.2. The molecule has 1 aromatic carbocycles. The minimum absolute atomic E-state index is 0.521. The Morgan fingerprint density at radius 2 is 2.00 bits per heavy atom. The molecule has 0 spiro atoms. The van der Waals surface area contributed by atoms with Crippen molar-refractivity contribution in [3.63, 3.8) is 0 Å². The van der Waals surface area contributed by atoms with Crippen LogP contribution in [0.5, 0.6) is 5.88 Å². The highest BCUT2D eigenvalue weighted by molar-refractivity contribution is 5.38. The lowest BCUT2D eigenvalue weighted by atomic mass is 10.1. The molecule has 0 unspecified atom stereocenters. The lowest BCUT2D eigenvalue weighted by molar-refractivity contribution is 0.291. The molecule has 5 heteroatoms. The van der Waals surface area contributed by atoms with Crippen LogP contribution in [0.2, 0.25) is 0 Å². The molecular weight excluding hydrogens is 276 g/mol. The van der Waals surface area contributed by atoms with E-state index in [2.05, 4.69) is 52.2 Å². The van der Waals surface area contributed by atoms with Crippen LogP contribution in [-0.2, 0) is 6.61 Å². The van der Waals surface area contributed by atoms with Crippen molar-refractivity contribution in [2.24, 2.45) is 0 Å². The first-order valence-corrected chi connectivity index (χ1v) is 7.69. The maximum atomic E-state index is 5.84. The molecule has 0 saturated carbocycles. The summed E-state index contributed by atoms with van der Waals surface area (Å²) in [5, 5.41) is 3.34. The maximum absolute atomic E-state index is 5.84. The lowest BCUT2D eigenvalue weighted by Gasteiger charge is -2.28. The average Bonchev–Trinajstić information content (AvgIpc) is 2.57. The van der Waals surface area contributed by atoms with Crippen molar-refractivity contribution < 1.29 is 4.74 Å². The number of hydrogen-bond acceptors (Lipinski definition) is 5. The summed E-state index contributed by atoms with van der Waals surface area (Å²) in [4.78, 5) is 11.1. The van der Waals surface area contributed by atoms with Crippen molar-refractivity contribution in [2.75, 3.05) is 31.1 Å². The highest BCUT2D eigenvalue weighted by Crippen LogP contribution is 2.17. The van der Waals surface area contributed by atoms with Gasteiger partial charge in [0.05, 0.1) is 12.4 Å². The number of anilines is 1. The summed E-state index contributed by atoms with van der Waals surface area (Å²) in [6.45, 7) is 8.58. The van der Waals surface area contributed by atoms with Crippen LogP contribution < -0.4 is 15.0 Å². The van der Waals surface area contributed by atoms with Gasteiger partial charge in [0.25, 0.3) is 0 Å². The molecule has 0 amide bonds. The van der Waals surface area contributed by atoms with Gasteiger partial charge in [0, 0.05) is 26.2 Å². The molecule has 1 aromatic heterocycles. The van der Waals surface area contributed by atoms with Gasteiger partial charge in [-0.25, -0.2) is 0 Å². The van der Waals surface area contributed by atoms with E-state index >= 15 is 0 Å². The van der Waals surface area contributed by atoms with Crippen LogP contribution >= 0.6 is 0 Å². The molecular formula is C17H22N4O. The third-order valence-corrected chi connectivity index (χ3v) is 3.92. The molecule has 22 heavy (non-hydrogen) atoms. The molecule has 2 heterocycles. The van der Waals surface area contributed by atoms with Gasteiger partial charge in [-0.2, -0.15) is 4.98 Å². The van der Waals surface area contributed by atoms with E-state index in [1.807, 2.05) is 0 Å². The van der Waals surface area contributed by atoms with Crippen LogP contribution in [-0.4, -0.2) is 36.1 Å². The predicted molar refractivity (Wildman–Crippen MR) is 87.4 cm³/mol. The van der Waals surface area contributed by atoms with Gasteiger partial charge in [-0.1, -0.05) is 23.8 Å². The fourth-order valence-electron chi connectivity index (χ4n) is 2.56. The predicted octanol–water partition coefficient (Wildman–Crippen LogP) is 2.08. The van der Waals surface area contributed by atoms with E-state index in [4.69, 9.17) is 4.74 Å². The molecule has 2 aromatic rings. The van der Waals surface area contributed by atoms with Gasteiger partial charge in [0.2, 0.25) is 5.88 Å². The maximum Gasteiger partial charge on any atom is 0.234 e. The molecule has 0 atom stereocenters. The summed E-state index contributed by atoms with van der Waals surface area (Å²) in [7, 11) is 0. The fraction of sp³-hybridized carbons (Fsp3) is 0.412. The van der Waals surface area contributed by atoms with E-state index in [1.165, 1.54) is 16.7 Å². The van der Waals surface area contributed by atoms with E-state index in [0.717, 1.165) is 32.0 Å². The quantitative estimate of drug-likeness (QED) is 0.936. The third kappa shape index (κ3) is 3.54. The number of hydrogen-bond donors (Lipinski definition) is 1. The molecule has 1 aliphatic heterocycles. The number of benzene rings is 1. The van der Waals surface area contributed by atoms with Gasteiger partial charge in [0.15, 0.2) is 5.82 Å². The smallest absolute Gasteiger partial charge is 0.234 e. The van der Waals surface area contributed by atoms with Crippen molar-refractivity contribution in [1.82, 2.24) is 15.3 Å². The summed E-state index contributed by atoms with van der Waals surface area (Å²) >= 11 is 0. The highest BCUT2D eigenvalue weighted by atomic mass is 16.5. The van der Waals surface area contributed by atoms with Gasteiger partial charge in [-0.05, 0) is 25.0 Å². The Bertz CT molecular complexity index is 638. The van der Waals surface area contributed by atoms with E-state index < -0.39 is 0 Å². The lowest BCUT2D eigenvalue weighted by Crippen LogP contribution is -2.43. The number of nitrogens with one attached hydrogen (secondary N) is 1. The Hall–Kier alpha value is -2.14. The van der Waals surface area contributed by atoms with E-state index in [9.17, 15) is 0 Å². The van der Waals surface area contributed by atoms with Crippen LogP contribution in [0, 0.1) is 13.8 Å². The van der Waals surface area contributed by atoms with E-state index in [-0.39, 0.29) is 0 Å². The molecule has 116 valence electrons. The summed E-state index contributed by atoms with van der Waals surface area (Å²) < 4.78 is 5.84. The average molecular weight is 298 g/mol. The zero-order chi connectivity index (χ0) is 15.4. The fourth-order valence-corrected chi connectivity index (χ4v) is 2.56. The standard InChI is InChI=1S/C17H22N4O/c1-13-3-4-14(2)15(9-13)12-22-17-11-19-10-16(20-17)21-7-5-18-6-8-21/h3-4,9-11,18H,5-8,12H2,1-2H3. The topological polar surface area (TPSA) is 50.3 Å². The van der Waals surface area contributed by atoms with Crippen molar-refractivity contribution in [3.05, 3.63) is 47.3 Å². The van der Waals surface area contributed by atoms with Gasteiger partial charge >= 0.3 is 0 Å². The zero-order valence-electron chi connectivity index (χ0n) is 13.2. The van der Waals surface area contributed by atoms with Crippen molar-refractivity contribution in [1.29, 1.82) is 0 Å². The second-order valence-corrected chi connectivity index (χ2v) is 5.67. The Balaban J connectivity index is 1.68. The largest absolute Gasteiger partial charge is 0.472 e. The van der Waals surface area contributed by atoms with Crippen LogP contribution in [0.3, 0.4) is 0 Å². The van der Waals surface area contributed by atoms with Crippen molar-refractivity contribution in [2.45, 2.75) is 20.5 Å².